The first-order valence-corrected chi connectivity index (χ1v) is 6.77. The molecule has 0 radical (unpaired) electrons. The molecule has 1 aliphatic carbocycles. The molecule has 2 heteroatoms. The van der Waals surface area contributed by atoms with E-state index in [1.807, 2.05) is 6.07 Å². The summed E-state index contributed by atoms with van der Waals surface area (Å²) in [6, 6.07) is 6.69. The molecule has 2 rings (SSSR count). The average molecular weight is 235 g/mol. The molecule has 1 saturated carbocycles. The highest BCUT2D eigenvalue weighted by Crippen LogP contribution is 2.29. The standard InChI is InChI=1S/C15H22FN/c16-14-8-4-7-13(11-14)15(17)10-9-12-5-2-1-3-6-12/h4,7-8,11-12,15H,1-3,5-6,9-10,17H2. The molecule has 1 nitrogen and oxygen atoms in total. The molecule has 1 aliphatic rings. The van der Waals surface area contributed by atoms with Crippen LogP contribution in [0.25, 0.3) is 0 Å². The van der Waals surface area contributed by atoms with E-state index in [1.165, 1.54) is 44.6 Å². The molecule has 0 spiro atoms. The number of hydrogen-bond acceptors (Lipinski definition) is 1. The summed E-state index contributed by atoms with van der Waals surface area (Å²) in [5, 5.41) is 0. The van der Waals surface area contributed by atoms with Crippen molar-refractivity contribution in [1.82, 2.24) is 0 Å². The van der Waals surface area contributed by atoms with Gasteiger partial charge in [-0.2, -0.15) is 0 Å². The van der Waals surface area contributed by atoms with Crippen LogP contribution in [0.2, 0.25) is 0 Å². The molecule has 1 aromatic carbocycles. The Morgan fingerprint density at radius 1 is 1.24 bits per heavy atom. The van der Waals surface area contributed by atoms with Crippen molar-refractivity contribution in [3.63, 3.8) is 0 Å². The van der Waals surface area contributed by atoms with Crippen molar-refractivity contribution in [1.29, 1.82) is 0 Å². The Kier molecular flexibility index (Phi) is 4.55. The van der Waals surface area contributed by atoms with Gasteiger partial charge >= 0.3 is 0 Å². The van der Waals surface area contributed by atoms with Crippen LogP contribution in [0.3, 0.4) is 0 Å². The average Bonchev–Trinajstić information content (AvgIpc) is 2.37. The second-order valence-corrected chi connectivity index (χ2v) is 5.24. The van der Waals surface area contributed by atoms with Gasteiger partial charge in [-0.15, -0.1) is 0 Å². The lowest BCUT2D eigenvalue weighted by Crippen LogP contribution is -2.14. The van der Waals surface area contributed by atoms with Crippen molar-refractivity contribution in [2.75, 3.05) is 0 Å². The Labute approximate surface area is 103 Å². The van der Waals surface area contributed by atoms with Crippen LogP contribution in [-0.4, -0.2) is 0 Å². The van der Waals surface area contributed by atoms with Crippen LogP contribution in [0.1, 0.15) is 56.6 Å². The van der Waals surface area contributed by atoms with Crippen molar-refractivity contribution in [2.45, 2.75) is 51.0 Å². The Hall–Kier alpha value is -0.890. The van der Waals surface area contributed by atoms with Crippen LogP contribution in [0, 0.1) is 11.7 Å². The number of halogens is 1. The SMILES string of the molecule is NC(CCC1CCCCC1)c1cccc(F)c1. The lowest BCUT2D eigenvalue weighted by molar-refractivity contribution is 0.324. The Morgan fingerprint density at radius 2 is 2.00 bits per heavy atom. The van der Waals surface area contributed by atoms with Gasteiger partial charge in [0.2, 0.25) is 0 Å². The minimum Gasteiger partial charge on any atom is -0.324 e. The van der Waals surface area contributed by atoms with E-state index in [1.54, 1.807) is 12.1 Å². The quantitative estimate of drug-likeness (QED) is 0.832. The zero-order valence-corrected chi connectivity index (χ0v) is 10.4. The fraction of sp³-hybridized carbons (Fsp3) is 0.600. The smallest absolute Gasteiger partial charge is 0.123 e. The van der Waals surface area contributed by atoms with E-state index in [2.05, 4.69) is 0 Å². The first kappa shape index (κ1) is 12.6. The Bertz CT molecular complexity index is 345. The highest BCUT2D eigenvalue weighted by Gasteiger charge is 2.15. The largest absolute Gasteiger partial charge is 0.324 e. The molecule has 0 amide bonds. The van der Waals surface area contributed by atoms with Crippen molar-refractivity contribution < 1.29 is 4.39 Å². The van der Waals surface area contributed by atoms with Gasteiger partial charge in [0.05, 0.1) is 0 Å². The maximum atomic E-state index is 13.1. The van der Waals surface area contributed by atoms with Gasteiger partial charge < -0.3 is 5.73 Å². The van der Waals surface area contributed by atoms with Crippen LogP contribution in [-0.2, 0) is 0 Å². The molecule has 1 atom stereocenters. The minimum absolute atomic E-state index is 0.00683. The zero-order valence-electron chi connectivity index (χ0n) is 10.4. The molecule has 94 valence electrons. The minimum atomic E-state index is -0.185. The van der Waals surface area contributed by atoms with E-state index in [0.717, 1.165) is 17.9 Å². The highest BCUT2D eigenvalue weighted by molar-refractivity contribution is 5.19. The number of hydrogen-bond donors (Lipinski definition) is 1. The fourth-order valence-corrected chi connectivity index (χ4v) is 2.79. The third-order valence-electron chi connectivity index (χ3n) is 3.89. The lowest BCUT2D eigenvalue weighted by Gasteiger charge is -2.23. The summed E-state index contributed by atoms with van der Waals surface area (Å²) < 4.78 is 13.1. The predicted molar refractivity (Wildman–Crippen MR) is 69.1 cm³/mol. The Balaban J connectivity index is 1.82. The first-order chi connectivity index (χ1) is 8.25. The normalized spacial score (nSPS) is 19.2. The summed E-state index contributed by atoms with van der Waals surface area (Å²) in [6.07, 6.45) is 9.03. The molecule has 0 aliphatic heterocycles. The van der Waals surface area contributed by atoms with Gasteiger partial charge in [0.1, 0.15) is 5.82 Å². The van der Waals surface area contributed by atoms with Crippen LogP contribution in [0.5, 0.6) is 0 Å². The summed E-state index contributed by atoms with van der Waals surface area (Å²) in [5.74, 6) is 0.666. The molecule has 1 aromatic rings. The van der Waals surface area contributed by atoms with Gasteiger partial charge in [-0.3, -0.25) is 0 Å². The topological polar surface area (TPSA) is 26.0 Å². The monoisotopic (exact) mass is 235 g/mol. The fourth-order valence-electron chi connectivity index (χ4n) is 2.79. The lowest BCUT2D eigenvalue weighted by atomic mass is 9.84. The van der Waals surface area contributed by atoms with E-state index in [4.69, 9.17) is 5.73 Å². The van der Waals surface area contributed by atoms with E-state index in [0.29, 0.717) is 0 Å². The maximum absolute atomic E-state index is 13.1. The van der Waals surface area contributed by atoms with Gasteiger partial charge in [0.25, 0.3) is 0 Å². The highest BCUT2D eigenvalue weighted by atomic mass is 19.1. The van der Waals surface area contributed by atoms with E-state index < -0.39 is 0 Å². The van der Waals surface area contributed by atoms with Gasteiger partial charge in [-0.05, 0) is 36.5 Å². The van der Waals surface area contributed by atoms with Gasteiger partial charge in [0, 0.05) is 6.04 Å². The second-order valence-electron chi connectivity index (χ2n) is 5.24. The van der Waals surface area contributed by atoms with Crippen LogP contribution < -0.4 is 5.73 Å². The molecular weight excluding hydrogens is 213 g/mol. The molecule has 1 unspecified atom stereocenters. The molecule has 2 N–H and O–H groups in total. The Morgan fingerprint density at radius 3 is 2.71 bits per heavy atom. The summed E-state index contributed by atoms with van der Waals surface area (Å²) in [7, 11) is 0. The van der Waals surface area contributed by atoms with Crippen molar-refractivity contribution in [3.8, 4) is 0 Å². The van der Waals surface area contributed by atoms with Crippen molar-refractivity contribution >= 4 is 0 Å². The third kappa shape index (κ3) is 3.81. The molecule has 0 aromatic heterocycles. The van der Waals surface area contributed by atoms with E-state index >= 15 is 0 Å². The van der Waals surface area contributed by atoms with E-state index in [9.17, 15) is 4.39 Å². The molecule has 0 saturated heterocycles. The van der Waals surface area contributed by atoms with Gasteiger partial charge in [-0.25, -0.2) is 4.39 Å². The van der Waals surface area contributed by atoms with Crippen molar-refractivity contribution in [2.24, 2.45) is 11.7 Å². The van der Waals surface area contributed by atoms with Crippen molar-refractivity contribution in [3.05, 3.63) is 35.6 Å². The number of nitrogens with two attached hydrogens (primary N) is 1. The van der Waals surface area contributed by atoms with Crippen LogP contribution in [0.15, 0.2) is 24.3 Å². The summed E-state index contributed by atoms with van der Waals surface area (Å²) in [5.41, 5.74) is 7.05. The second kappa shape index (κ2) is 6.15. The number of rotatable bonds is 4. The van der Waals surface area contributed by atoms with Gasteiger partial charge in [0.15, 0.2) is 0 Å². The molecular formula is C15H22FN. The third-order valence-corrected chi connectivity index (χ3v) is 3.89. The first-order valence-electron chi connectivity index (χ1n) is 6.77. The summed E-state index contributed by atoms with van der Waals surface area (Å²) >= 11 is 0. The maximum Gasteiger partial charge on any atom is 0.123 e. The summed E-state index contributed by atoms with van der Waals surface area (Å²) in [4.78, 5) is 0. The molecule has 1 fully saturated rings. The number of benzene rings is 1. The van der Waals surface area contributed by atoms with Gasteiger partial charge in [-0.1, -0.05) is 44.2 Å². The van der Waals surface area contributed by atoms with E-state index in [-0.39, 0.29) is 11.9 Å². The van der Waals surface area contributed by atoms with Crippen LogP contribution >= 0.6 is 0 Å². The molecule has 0 heterocycles. The zero-order chi connectivity index (χ0) is 12.1. The molecule has 17 heavy (non-hydrogen) atoms. The van der Waals surface area contributed by atoms with Crippen LogP contribution in [0.4, 0.5) is 4.39 Å². The summed E-state index contributed by atoms with van der Waals surface area (Å²) in [6.45, 7) is 0. The predicted octanol–water partition coefficient (Wildman–Crippen LogP) is 4.19. The molecule has 0 bridgehead atoms.